The van der Waals surface area contributed by atoms with Gasteiger partial charge in [-0.05, 0) is 50.1 Å². The number of aliphatic carboxylic acids is 2. The van der Waals surface area contributed by atoms with Gasteiger partial charge in [0.15, 0.2) is 0 Å². The molecule has 0 saturated carbocycles. The van der Waals surface area contributed by atoms with Gasteiger partial charge in [0, 0.05) is 17.6 Å². The Kier molecular flexibility index (Phi) is 10.1. The summed E-state index contributed by atoms with van der Waals surface area (Å²) in [5, 5.41) is 14.8. The first-order valence-electron chi connectivity index (χ1n) is 8.05. The van der Waals surface area contributed by atoms with Crippen LogP contribution in [-0.2, 0) is 14.3 Å². The molecule has 0 radical (unpaired) electrons. The predicted molar refractivity (Wildman–Crippen MR) is 96.1 cm³/mol. The van der Waals surface area contributed by atoms with Gasteiger partial charge in [-0.15, -0.1) is 0 Å². The molecule has 1 aromatic rings. The van der Waals surface area contributed by atoms with E-state index in [9.17, 15) is 0 Å². The van der Waals surface area contributed by atoms with Crippen LogP contribution in [0.15, 0.2) is 22.7 Å². The summed E-state index contributed by atoms with van der Waals surface area (Å²) in [4.78, 5) is 20.7. The maximum atomic E-state index is 9.10. The Bertz CT molecular complexity index is 548. The lowest BCUT2D eigenvalue weighted by Gasteiger charge is -2.26. The van der Waals surface area contributed by atoms with E-state index in [1.165, 1.54) is 12.0 Å². The van der Waals surface area contributed by atoms with Crippen LogP contribution in [0.4, 0.5) is 0 Å². The molecule has 1 aliphatic rings. The molecule has 0 unspecified atom stereocenters. The second kappa shape index (κ2) is 11.8. The summed E-state index contributed by atoms with van der Waals surface area (Å²) >= 11 is 3.46. The minimum atomic E-state index is -1.82. The molecule has 25 heavy (non-hydrogen) atoms. The number of rotatable bonds is 6. The first-order valence-corrected chi connectivity index (χ1v) is 8.84. The summed E-state index contributed by atoms with van der Waals surface area (Å²) in [6.45, 7) is 7.95. The van der Waals surface area contributed by atoms with E-state index in [1.54, 1.807) is 0 Å². The highest BCUT2D eigenvalue weighted by Crippen LogP contribution is 2.22. The number of hydrogen-bond acceptors (Lipinski definition) is 5. The van der Waals surface area contributed by atoms with Gasteiger partial charge in [-0.25, -0.2) is 9.59 Å². The highest BCUT2D eigenvalue weighted by molar-refractivity contribution is 9.10. The van der Waals surface area contributed by atoms with E-state index in [1.807, 2.05) is 12.1 Å². The minimum absolute atomic E-state index is 0.798. The van der Waals surface area contributed by atoms with Gasteiger partial charge < -0.3 is 19.7 Å². The third kappa shape index (κ3) is 9.42. The summed E-state index contributed by atoms with van der Waals surface area (Å²) in [6, 6.07) is 6.14. The number of carboxylic acids is 2. The first-order chi connectivity index (χ1) is 11.9. The first kappa shape index (κ1) is 21.4. The zero-order chi connectivity index (χ0) is 18.7. The Morgan fingerprint density at radius 1 is 1.20 bits per heavy atom. The molecule has 1 aromatic carbocycles. The van der Waals surface area contributed by atoms with Crippen molar-refractivity contribution in [1.82, 2.24) is 4.90 Å². The maximum Gasteiger partial charge on any atom is 0.414 e. The van der Waals surface area contributed by atoms with Crippen molar-refractivity contribution < 1.29 is 29.3 Å². The van der Waals surface area contributed by atoms with Crippen LogP contribution in [0.2, 0.25) is 0 Å². The van der Waals surface area contributed by atoms with Crippen LogP contribution in [0.5, 0.6) is 5.75 Å². The smallest absolute Gasteiger partial charge is 0.414 e. The van der Waals surface area contributed by atoms with Gasteiger partial charge in [0.05, 0.1) is 19.8 Å². The third-order valence-electron chi connectivity index (χ3n) is 3.55. The van der Waals surface area contributed by atoms with Crippen LogP contribution in [0.3, 0.4) is 0 Å². The molecule has 7 nitrogen and oxygen atoms in total. The Morgan fingerprint density at radius 2 is 1.84 bits per heavy atom. The zero-order valence-corrected chi connectivity index (χ0v) is 15.8. The summed E-state index contributed by atoms with van der Waals surface area (Å²) in [5.41, 5.74) is 1.18. The van der Waals surface area contributed by atoms with Crippen molar-refractivity contribution in [2.75, 3.05) is 39.5 Å². The van der Waals surface area contributed by atoms with Gasteiger partial charge in [-0.3, -0.25) is 4.90 Å². The number of benzene rings is 1. The van der Waals surface area contributed by atoms with E-state index in [0.29, 0.717) is 0 Å². The third-order valence-corrected chi connectivity index (χ3v) is 4.04. The van der Waals surface area contributed by atoms with E-state index >= 15 is 0 Å². The van der Waals surface area contributed by atoms with Crippen LogP contribution in [0, 0.1) is 6.92 Å². The maximum absolute atomic E-state index is 9.10. The molecular weight excluding hydrogens is 394 g/mol. The van der Waals surface area contributed by atoms with E-state index in [2.05, 4.69) is 33.8 Å². The highest BCUT2D eigenvalue weighted by Gasteiger charge is 2.09. The lowest BCUT2D eigenvalue weighted by Crippen LogP contribution is -2.36. The van der Waals surface area contributed by atoms with Crippen molar-refractivity contribution in [3.8, 4) is 5.75 Å². The molecule has 1 fully saturated rings. The molecule has 0 spiro atoms. The number of ether oxygens (including phenoxy) is 2. The number of unbranched alkanes of at least 4 members (excludes halogenated alkanes) is 1. The fourth-order valence-electron chi connectivity index (χ4n) is 2.22. The van der Waals surface area contributed by atoms with Crippen molar-refractivity contribution in [2.24, 2.45) is 0 Å². The van der Waals surface area contributed by atoms with Crippen molar-refractivity contribution in [1.29, 1.82) is 0 Å². The quantitative estimate of drug-likeness (QED) is 0.541. The summed E-state index contributed by atoms with van der Waals surface area (Å²) in [5.74, 6) is -2.65. The Hall–Kier alpha value is -1.64. The number of nitrogens with zero attached hydrogens (tertiary/aromatic N) is 1. The Morgan fingerprint density at radius 3 is 2.40 bits per heavy atom. The van der Waals surface area contributed by atoms with Crippen molar-refractivity contribution in [2.45, 2.75) is 19.8 Å². The highest BCUT2D eigenvalue weighted by atomic mass is 79.9. The van der Waals surface area contributed by atoms with Gasteiger partial charge >= 0.3 is 11.9 Å². The second-order valence-electron chi connectivity index (χ2n) is 5.53. The van der Waals surface area contributed by atoms with Crippen molar-refractivity contribution >= 4 is 27.9 Å². The molecule has 0 amide bonds. The number of hydrogen-bond donors (Lipinski definition) is 2. The normalized spacial score (nSPS) is 14.3. The lowest BCUT2D eigenvalue weighted by atomic mass is 10.2. The zero-order valence-electron chi connectivity index (χ0n) is 14.2. The van der Waals surface area contributed by atoms with Crippen LogP contribution < -0.4 is 4.74 Å². The number of halogens is 1. The van der Waals surface area contributed by atoms with Crippen LogP contribution in [-0.4, -0.2) is 66.5 Å². The molecular formula is C17H24BrNO6. The number of morpholine rings is 1. The van der Waals surface area contributed by atoms with E-state index in [4.69, 9.17) is 29.3 Å². The second-order valence-corrected chi connectivity index (χ2v) is 6.45. The molecule has 8 heteroatoms. The molecule has 2 rings (SSSR count). The monoisotopic (exact) mass is 417 g/mol. The van der Waals surface area contributed by atoms with Gasteiger partial charge in [-0.2, -0.15) is 0 Å². The molecule has 1 saturated heterocycles. The van der Waals surface area contributed by atoms with Gasteiger partial charge in [0.2, 0.25) is 0 Å². The number of aryl methyl sites for hydroxylation is 1. The summed E-state index contributed by atoms with van der Waals surface area (Å²) < 4.78 is 12.3. The van der Waals surface area contributed by atoms with Gasteiger partial charge in [0.1, 0.15) is 5.75 Å². The molecule has 140 valence electrons. The minimum Gasteiger partial charge on any atom is -0.493 e. The number of carbonyl (C=O) groups is 2. The predicted octanol–water partition coefficient (Wildman–Crippen LogP) is 2.40. The lowest BCUT2D eigenvalue weighted by molar-refractivity contribution is -0.159. The molecule has 0 aromatic heterocycles. The topological polar surface area (TPSA) is 96.3 Å². The Balaban J connectivity index is 0.000000450. The molecule has 0 atom stereocenters. The molecule has 1 aliphatic heterocycles. The van der Waals surface area contributed by atoms with Crippen LogP contribution in [0.25, 0.3) is 0 Å². The van der Waals surface area contributed by atoms with Crippen LogP contribution >= 0.6 is 15.9 Å². The molecule has 2 N–H and O–H groups in total. The number of carboxylic acid groups (broad SMARTS) is 2. The average Bonchev–Trinajstić information content (AvgIpc) is 2.58. The van der Waals surface area contributed by atoms with E-state index in [-0.39, 0.29) is 0 Å². The Labute approximate surface area is 155 Å². The van der Waals surface area contributed by atoms with Gasteiger partial charge in [-0.1, -0.05) is 15.9 Å². The fourth-order valence-corrected chi connectivity index (χ4v) is 2.69. The molecule has 0 bridgehead atoms. The van der Waals surface area contributed by atoms with Gasteiger partial charge in [0.25, 0.3) is 0 Å². The standard InChI is InChI=1S/C15H22BrNO2.C2H2O4/c1-13-12-14(16)4-5-15(13)19-9-3-2-6-17-7-10-18-11-8-17;3-1(4)2(5)6/h4-5,12H,2-3,6-11H2,1H3;(H,3,4)(H,5,6). The van der Waals surface area contributed by atoms with Crippen molar-refractivity contribution in [3.63, 3.8) is 0 Å². The largest absolute Gasteiger partial charge is 0.493 e. The van der Waals surface area contributed by atoms with E-state index in [0.717, 1.165) is 56.1 Å². The molecule has 1 heterocycles. The average molecular weight is 418 g/mol. The molecule has 0 aliphatic carbocycles. The van der Waals surface area contributed by atoms with Crippen molar-refractivity contribution in [3.05, 3.63) is 28.2 Å². The van der Waals surface area contributed by atoms with Crippen LogP contribution in [0.1, 0.15) is 18.4 Å². The SMILES string of the molecule is Cc1cc(Br)ccc1OCCCCN1CCOCC1.O=C(O)C(=O)O. The summed E-state index contributed by atoms with van der Waals surface area (Å²) in [7, 11) is 0. The fraction of sp³-hybridized carbons (Fsp3) is 0.529. The van der Waals surface area contributed by atoms with E-state index < -0.39 is 11.9 Å². The summed E-state index contributed by atoms with van der Waals surface area (Å²) in [6.07, 6.45) is 2.29.